The first-order chi connectivity index (χ1) is 8.27. The van der Waals surface area contributed by atoms with Crippen molar-refractivity contribution < 1.29 is 9.53 Å². The molecule has 1 heterocycles. The summed E-state index contributed by atoms with van der Waals surface area (Å²) >= 11 is 0. The van der Waals surface area contributed by atoms with Gasteiger partial charge in [-0.1, -0.05) is 19.3 Å². The highest BCUT2D eigenvalue weighted by atomic mass is 16.5. The van der Waals surface area contributed by atoms with Gasteiger partial charge in [-0.15, -0.1) is 0 Å². The van der Waals surface area contributed by atoms with E-state index in [-0.39, 0.29) is 11.3 Å². The van der Waals surface area contributed by atoms with Crippen molar-refractivity contribution in [3.63, 3.8) is 0 Å². The highest BCUT2D eigenvalue weighted by molar-refractivity contribution is 5.83. The van der Waals surface area contributed by atoms with Gasteiger partial charge in [0.15, 0.2) is 0 Å². The molecule has 2 fully saturated rings. The van der Waals surface area contributed by atoms with Crippen molar-refractivity contribution in [1.29, 1.82) is 0 Å². The van der Waals surface area contributed by atoms with Gasteiger partial charge in [0.05, 0.1) is 12.0 Å². The van der Waals surface area contributed by atoms with Gasteiger partial charge in [-0.25, -0.2) is 0 Å². The Kier molecular flexibility index (Phi) is 4.40. The predicted molar refractivity (Wildman–Crippen MR) is 66.8 cm³/mol. The monoisotopic (exact) mass is 240 g/mol. The smallest absolute Gasteiger partial charge is 0.230 e. The zero-order valence-electron chi connectivity index (χ0n) is 10.8. The Balaban J connectivity index is 1.91. The van der Waals surface area contributed by atoms with Crippen LogP contribution in [0, 0.1) is 5.41 Å². The van der Waals surface area contributed by atoms with Crippen LogP contribution in [0.15, 0.2) is 0 Å². The summed E-state index contributed by atoms with van der Waals surface area (Å²) in [5.41, 5.74) is -0.327. The molecule has 0 aromatic heterocycles. The first-order valence-corrected chi connectivity index (χ1v) is 6.77. The number of nitrogens with one attached hydrogen (secondary N) is 2. The van der Waals surface area contributed by atoms with Crippen LogP contribution >= 0.6 is 0 Å². The molecule has 1 atom stereocenters. The molecule has 1 saturated carbocycles. The molecule has 0 spiro atoms. The second-order valence-electron chi connectivity index (χ2n) is 5.45. The van der Waals surface area contributed by atoms with Gasteiger partial charge in [-0.2, -0.15) is 0 Å². The molecule has 17 heavy (non-hydrogen) atoms. The van der Waals surface area contributed by atoms with Crippen LogP contribution in [-0.2, 0) is 9.53 Å². The summed E-state index contributed by atoms with van der Waals surface area (Å²) in [6, 6.07) is 0.394. The number of hydrogen-bond donors (Lipinski definition) is 2. The average molecular weight is 240 g/mol. The fourth-order valence-electron chi connectivity index (χ4n) is 2.99. The molecule has 4 heteroatoms. The van der Waals surface area contributed by atoms with Crippen LogP contribution < -0.4 is 10.6 Å². The molecular formula is C13H24N2O2. The van der Waals surface area contributed by atoms with E-state index < -0.39 is 0 Å². The first kappa shape index (κ1) is 12.8. The number of methoxy groups -OCH3 is 1. The maximum absolute atomic E-state index is 12.4. The fourth-order valence-corrected chi connectivity index (χ4v) is 2.99. The Morgan fingerprint density at radius 2 is 2.18 bits per heavy atom. The van der Waals surface area contributed by atoms with E-state index in [1.165, 1.54) is 19.3 Å². The molecule has 1 amide bonds. The lowest BCUT2D eigenvalue weighted by Gasteiger charge is -2.30. The van der Waals surface area contributed by atoms with Crippen LogP contribution in [0.1, 0.15) is 38.5 Å². The van der Waals surface area contributed by atoms with Gasteiger partial charge in [-0.3, -0.25) is 4.79 Å². The standard InChI is InChI=1S/C13H24N2O2/c1-17-10-13(7-8-14-9-13)12(16)15-11-5-3-2-4-6-11/h11,14H,2-10H2,1H3,(H,15,16)/t13-/m1/s1. The van der Waals surface area contributed by atoms with Crippen LogP contribution in [0.3, 0.4) is 0 Å². The van der Waals surface area contributed by atoms with Gasteiger partial charge >= 0.3 is 0 Å². The number of carbonyl (C=O) groups excluding carboxylic acids is 1. The predicted octanol–water partition coefficient (Wildman–Crippen LogP) is 1.06. The summed E-state index contributed by atoms with van der Waals surface area (Å²) < 4.78 is 5.24. The summed E-state index contributed by atoms with van der Waals surface area (Å²) in [6.07, 6.45) is 6.99. The van der Waals surface area contributed by atoms with Crippen molar-refractivity contribution in [2.75, 3.05) is 26.8 Å². The first-order valence-electron chi connectivity index (χ1n) is 6.77. The quantitative estimate of drug-likeness (QED) is 0.772. The SMILES string of the molecule is COC[C@@]1(C(=O)NC2CCCCC2)CCNC1. The lowest BCUT2D eigenvalue weighted by Crippen LogP contribution is -2.49. The van der Waals surface area contributed by atoms with Gasteiger partial charge in [0.1, 0.15) is 0 Å². The minimum Gasteiger partial charge on any atom is -0.384 e. The van der Waals surface area contributed by atoms with E-state index >= 15 is 0 Å². The Hall–Kier alpha value is -0.610. The fraction of sp³-hybridized carbons (Fsp3) is 0.923. The maximum atomic E-state index is 12.4. The topological polar surface area (TPSA) is 50.4 Å². The zero-order valence-corrected chi connectivity index (χ0v) is 10.8. The molecule has 0 radical (unpaired) electrons. The molecule has 0 bridgehead atoms. The van der Waals surface area contributed by atoms with Crippen molar-refractivity contribution in [2.24, 2.45) is 5.41 Å². The van der Waals surface area contributed by atoms with Crippen molar-refractivity contribution in [3.05, 3.63) is 0 Å². The van der Waals surface area contributed by atoms with Gasteiger partial charge < -0.3 is 15.4 Å². The Morgan fingerprint density at radius 1 is 1.41 bits per heavy atom. The Labute approximate surface area is 103 Å². The lowest BCUT2D eigenvalue weighted by atomic mass is 9.85. The van der Waals surface area contributed by atoms with Gasteiger partial charge in [0, 0.05) is 19.7 Å². The van der Waals surface area contributed by atoms with Crippen molar-refractivity contribution in [3.8, 4) is 0 Å². The third-order valence-electron chi connectivity index (χ3n) is 4.09. The Morgan fingerprint density at radius 3 is 2.76 bits per heavy atom. The van der Waals surface area contributed by atoms with E-state index in [9.17, 15) is 4.79 Å². The number of hydrogen-bond acceptors (Lipinski definition) is 3. The zero-order chi connectivity index (χ0) is 12.1. The minimum absolute atomic E-state index is 0.191. The highest BCUT2D eigenvalue weighted by Gasteiger charge is 2.41. The van der Waals surface area contributed by atoms with Crippen LogP contribution in [0.25, 0.3) is 0 Å². The summed E-state index contributed by atoms with van der Waals surface area (Å²) in [4.78, 5) is 12.4. The normalized spacial score (nSPS) is 30.4. The molecule has 1 saturated heterocycles. The second kappa shape index (κ2) is 5.83. The van der Waals surface area contributed by atoms with Crippen molar-refractivity contribution in [2.45, 2.75) is 44.6 Å². The largest absolute Gasteiger partial charge is 0.384 e. The molecule has 2 aliphatic rings. The molecule has 2 rings (SSSR count). The third kappa shape index (κ3) is 2.99. The van der Waals surface area contributed by atoms with E-state index in [0.717, 1.165) is 32.4 Å². The molecule has 2 N–H and O–H groups in total. The molecule has 0 aromatic carbocycles. The molecule has 0 unspecified atom stereocenters. The van der Waals surface area contributed by atoms with E-state index in [0.29, 0.717) is 12.6 Å². The summed E-state index contributed by atoms with van der Waals surface area (Å²) in [6.45, 7) is 2.19. The van der Waals surface area contributed by atoms with E-state index in [4.69, 9.17) is 4.74 Å². The molecule has 4 nitrogen and oxygen atoms in total. The van der Waals surface area contributed by atoms with Gasteiger partial charge in [0.2, 0.25) is 5.91 Å². The minimum atomic E-state index is -0.327. The second-order valence-corrected chi connectivity index (χ2v) is 5.45. The third-order valence-corrected chi connectivity index (χ3v) is 4.09. The molecule has 1 aliphatic heterocycles. The molecule has 1 aliphatic carbocycles. The number of rotatable bonds is 4. The molecule has 0 aromatic rings. The maximum Gasteiger partial charge on any atom is 0.230 e. The lowest BCUT2D eigenvalue weighted by molar-refractivity contribution is -0.133. The number of ether oxygens (including phenoxy) is 1. The number of amides is 1. The summed E-state index contributed by atoms with van der Waals surface area (Å²) in [5, 5.41) is 6.50. The summed E-state index contributed by atoms with van der Waals surface area (Å²) in [7, 11) is 1.67. The highest BCUT2D eigenvalue weighted by Crippen LogP contribution is 2.27. The van der Waals surface area contributed by atoms with Crippen LogP contribution in [0.4, 0.5) is 0 Å². The van der Waals surface area contributed by atoms with E-state index in [1.807, 2.05) is 0 Å². The Bertz CT molecular complexity index is 256. The van der Waals surface area contributed by atoms with Crippen LogP contribution in [0.5, 0.6) is 0 Å². The average Bonchev–Trinajstić information content (AvgIpc) is 2.81. The molecule has 98 valence electrons. The van der Waals surface area contributed by atoms with E-state index in [2.05, 4.69) is 10.6 Å². The van der Waals surface area contributed by atoms with Crippen molar-refractivity contribution >= 4 is 5.91 Å². The van der Waals surface area contributed by atoms with Gasteiger partial charge in [-0.05, 0) is 25.8 Å². The van der Waals surface area contributed by atoms with Crippen LogP contribution in [0.2, 0.25) is 0 Å². The van der Waals surface area contributed by atoms with E-state index in [1.54, 1.807) is 7.11 Å². The number of carbonyl (C=O) groups is 1. The van der Waals surface area contributed by atoms with Crippen LogP contribution in [-0.4, -0.2) is 38.8 Å². The van der Waals surface area contributed by atoms with Crippen molar-refractivity contribution in [1.82, 2.24) is 10.6 Å². The molecular weight excluding hydrogens is 216 g/mol. The van der Waals surface area contributed by atoms with Gasteiger partial charge in [0.25, 0.3) is 0 Å². The summed E-state index contributed by atoms with van der Waals surface area (Å²) in [5.74, 6) is 0.191.